The Labute approximate surface area is 142 Å². The van der Waals surface area contributed by atoms with Crippen LogP contribution in [0.4, 0.5) is 0 Å². The zero-order valence-electron chi connectivity index (χ0n) is 11.5. The van der Waals surface area contributed by atoms with Crippen molar-refractivity contribution in [3.8, 4) is 0 Å². The summed E-state index contributed by atoms with van der Waals surface area (Å²) in [6, 6.07) is 7.90. The van der Waals surface area contributed by atoms with Crippen LogP contribution < -0.4 is 5.32 Å². The fraction of sp³-hybridized carbons (Fsp3) is 0.462. The molecule has 0 radical (unpaired) electrons. The van der Waals surface area contributed by atoms with Gasteiger partial charge >= 0.3 is 0 Å². The molecule has 0 saturated heterocycles. The Morgan fingerprint density at radius 3 is 2.79 bits per heavy atom. The number of hydrogen-bond acceptors (Lipinski definition) is 2. The van der Waals surface area contributed by atoms with Crippen molar-refractivity contribution in [2.75, 3.05) is 32.6 Å². The van der Waals surface area contributed by atoms with E-state index < -0.39 is 0 Å². The van der Waals surface area contributed by atoms with Gasteiger partial charge in [-0.3, -0.25) is 4.99 Å². The fourth-order valence-corrected chi connectivity index (χ4v) is 2.15. The topological polar surface area (TPSA) is 27.6 Å². The SMILES string of the molecule is CN=C(NCCSC)N(C)Cc1cccc(Cl)c1.I. The van der Waals surface area contributed by atoms with Gasteiger partial charge in [-0.25, -0.2) is 0 Å². The number of benzene rings is 1. The van der Waals surface area contributed by atoms with E-state index in [1.54, 1.807) is 7.05 Å². The third-order valence-electron chi connectivity index (χ3n) is 2.47. The first kappa shape index (κ1) is 18.9. The van der Waals surface area contributed by atoms with Crippen molar-refractivity contribution in [2.45, 2.75) is 6.54 Å². The summed E-state index contributed by atoms with van der Waals surface area (Å²) in [7, 11) is 3.82. The quantitative estimate of drug-likeness (QED) is 0.347. The first-order valence-electron chi connectivity index (χ1n) is 5.82. The molecule has 3 nitrogen and oxygen atoms in total. The molecule has 0 aliphatic heterocycles. The molecule has 1 rings (SSSR count). The van der Waals surface area contributed by atoms with Crippen LogP contribution in [0.25, 0.3) is 0 Å². The molecule has 1 aromatic rings. The van der Waals surface area contributed by atoms with Gasteiger partial charge in [0.2, 0.25) is 0 Å². The van der Waals surface area contributed by atoms with Gasteiger partial charge in [0.05, 0.1) is 0 Å². The second-order valence-corrected chi connectivity index (χ2v) is 5.37. The molecule has 108 valence electrons. The largest absolute Gasteiger partial charge is 0.355 e. The van der Waals surface area contributed by atoms with E-state index in [2.05, 4.69) is 27.5 Å². The van der Waals surface area contributed by atoms with Crippen molar-refractivity contribution in [2.24, 2.45) is 4.99 Å². The van der Waals surface area contributed by atoms with Crippen LogP contribution in [-0.2, 0) is 6.54 Å². The van der Waals surface area contributed by atoms with Gasteiger partial charge in [0, 0.05) is 38.0 Å². The molecule has 0 spiro atoms. The highest BCUT2D eigenvalue weighted by Crippen LogP contribution is 2.12. The molecule has 0 atom stereocenters. The molecule has 0 bridgehead atoms. The summed E-state index contributed by atoms with van der Waals surface area (Å²) in [5, 5.41) is 4.10. The normalized spacial score (nSPS) is 10.8. The Morgan fingerprint density at radius 1 is 1.47 bits per heavy atom. The molecule has 0 fully saturated rings. The number of hydrogen-bond donors (Lipinski definition) is 1. The van der Waals surface area contributed by atoms with E-state index in [1.807, 2.05) is 37.0 Å². The second kappa shape index (κ2) is 10.6. The van der Waals surface area contributed by atoms with Crippen molar-refractivity contribution in [1.29, 1.82) is 0 Å². The van der Waals surface area contributed by atoms with E-state index in [4.69, 9.17) is 11.6 Å². The van der Waals surface area contributed by atoms with Crippen molar-refractivity contribution in [1.82, 2.24) is 10.2 Å². The monoisotopic (exact) mass is 413 g/mol. The lowest BCUT2D eigenvalue weighted by Gasteiger charge is -2.22. The predicted molar refractivity (Wildman–Crippen MR) is 98.1 cm³/mol. The Kier molecular flexibility index (Phi) is 10.5. The first-order valence-corrected chi connectivity index (χ1v) is 7.59. The summed E-state index contributed by atoms with van der Waals surface area (Å²) in [6.07, 6.45) is 2.10. The van der Waals surface area contributed by atoms with E-state index in [1.165, 1.54) is 5.56 Å². The minimum atomic E-state index is 0. The van der Waals surface area contributed by atoms with Crippen LogP contribution >= 0.6 is 47.3 Å². The lowest BCUT2D eigenvalue weighted by Crippen LogP contribution is -2.39. The third kappa shape index (κ3) is 7.27. The maximum Gasteiger partial charge on any atom is 0.193 e. The smallest absolute Gasteiger partial charge is 0.193 e. The summed E-state index contributed by atoms with van der Waals surface area (Å²) < 4.78 is 0. The highest BCUT2D eigenvalue weighted by Gasteiger charge is 2.06. The number of guanidine groups is 1. The standard InChI is InChI=1S/C13H20ClN3S.HI/c1-15-13(16-7-8-18-3)17(2)10-11-5-4-6-12(14)9-11;/h4-6,9H,7-8,10H2,1-3H3,(H,15,16);1H. The lowest BCUT2D eigenvalue weighted by molar-refractivity contribution is 0.479. The van der Waals surface area contributed by atoms with Crippen LogP contribution in [0, 0.1) is 0 Å². The van der Waals surface area contributed by atoms with E-state index in [0.29, 0.717) is 0 Å². The molecular formula is C13H21ClIN3S. The number of thioether (sulfide) groups is 1. The number of aliphatic imine (C=N–C) groups is 1. The fourth-order valence-electron chi connectivity index (χ4n) is 1.63. The molecule has 1 aromatic carbocycles. The zero-order chi connectivity index (χ0) is 13.4. The van der Waals surface area contributed by atoms with Crippen molar-refractivity contribution >= 4 is 53.3 Å². The van der Waals surface area contributed by atoms with E-state index in [0.717, 1.165) is 29.8 Å². The Balaban J connectivity index is 0.00000324. The molecule has 0 aliphatic rings. The Hall–Kier alpha value is -0.140. The van der Waals surface area contributed by atoms with Gasteiger partial charge in [0.15, 0.2) is 5.96 Å². The summed E-state index contributed by atoms with van der Waals surface area (Å²) in [6.45, 7) is 1.72. The highest BCUT2D eigenvalue weighted by molar-refractivity contribution is 14.0. The van der Waals surface area contributed by atoms with E-state index in [9.17, 15) is 0 Å². The second-order valence-electron chi connectivity index (χ2n) is 3.95. The van der Waals surface area contributed by atoms with Gasteiger partial charge in [-0.15, -0.1) is 24.0 Å². The highest BCUT2D eigenvalue weighted by atomic mass is 127. The van der Waals surface area contributed by atoms with Crippen LogP contribution in [0.15, 0.2) is 29.3 Å². The van der Waals surface area contributed by atoms with Crippen LogP contribution in [0.2, 0.25) is 5.02 Å². The molecular weight excluding hydrogens is 393 g/mol. The molecule has 19 heavy (non-hydrogen) atoms. The third-order valence-corrected chi connectivity index (χ3v) is 3.32. The van der Waals surface area contributed by atoms with Crippen molar-refractivity contribution < 1.29 is 0 Å². The molecule has 0 heterocycles. The van der Waals surface area contributed by atoms with Gasteiger partial charge in [0.25, 0.3) is 0 Å². The number of nitrogens with zero attached hydrogens (tertiary/aromatic N) is 2. The molecule has 6 heteroatoms. The molecule has 0 saturated carbocycles. The minimum Gasteiger partial charge on any atom is -0.355 e. The van der Waals surface area contributed by atoms with Crippen molar-refractivity contribution in [3.05, 3.63) is 34.9 Å². The summed E-state index contributed by atoms with van der Waals surface area (Å²) >= 11 is 7.80. The van der Waals surface area contributed by atoms with Crippen LogP contribution in [0.5, 0.6) is 0 Å². The van der Waals surface area contributed by atoms with Gasteiger partial charge in [-0.1, -0.05) is 23.7 Å². The van der Waals surface area contributed by atoms with Crippen LogP contribution in [0.3, 0.4) is 0 Å². The number of halogens is 2. The Morgan fingerprint density at radius 2 is 2.21 bits per heavy atom. The number of rotatable bonds is 5. The van der Waals surface area contributed by atoms with E-state index >= 15 is 0 Å². The summed E-state index contributed by atoms with van der Waals surface area (Å²) in [5.41, 5.74) is 1.18. The predicted octanol–water partition coefficient (Wildman–Crippen LogP) is 3.33. The molecule has 0 aromatic heterocycles. The van der Waals surface area contributed by atoms with Crippen LogP contribution in [0.1, 0.15) is 5.56 Å². The summed E-state index contributed by atoms with van der Waals surface area (Å²) in [5.74, 6) is 1.98. The van der Waals surface area contributed by atoms with Gasteiger partial charge in [-0.05, 0) is 24.0 Å². The zero-order valence-corrected chi connectivity index (χ0v) is 15.4. The average Bonchev–Trinajstić information content (AvgIpc) is 2.34. The van der Waals surface area contributed by atoms with Gasteiger partial charge in [-0.2, -0.15) is 11.8 Å². The number of nitrogens with one attached hydrogen (secondary N) is 1. The lowest BCUT2D eigenvalue weighted by atomic mass is 10.2. The molecule has 1 N–H and O–H groups in total. The van der Waals surface area contributed by atoms with Crippen molar-refractivity contribution in [3.63, 3.8) is 0 Å². The minimum absolute atomic E-state index is 0. The Bertz CT molecular complexity index is 401. The molecule has 0 amide bonds. The average molecular weight is 414 g/mol. The first-order chi connectivity index (χ1) is 8.67. The maximum atomic E-state index is 5.98. The van der Waals surface area contributed by atoms with Gasteiger partial charge < -0.3 is 10.2 Å². The molecule has 0 unspecified atom stereocenters. The van der Waals surface area contributed by atoms with E-state index in [-0.39, 0.29) is 24.0 Å². The summed E-state index contributed by atoms with van der Waals surface area (Å²) in [4.78, 5) is 6.36. The van der Waals surface area contributed by atoms with Gasteiger partial charge in [0.1, 0.15) is 0 Å². The van der Waals surface area contributed by atoms with Crippen LogP contribution in [-0.4, -0.2) is 43.5 Å². The maximum absolute atomic E-state index is 5.98. The molecule has 0 aliphatic carbocycles.